The van der Waals surface area contributed by atoms with Crippen molar-refractivity contribution in [2.24, 2.45) is 0 Å². The molecule has 2 atom stereocenters. The van der Waals surface area contributed by atoms with Crippen molar-refractivity contribution in [2.45, 2.75) is 57.0 Å². The van der Waals surface area contributed by atoms with Gasteiger partial charge in [-0.15, -0.1) is 0 Å². The van der Waals surface area contributed by atoms with Crippen molar-refractivity contribution in [2.75, 3.05) is 6.54 Å². The summed E-state index contributed by atoms with van der Waals surface area (Å²) >= 11 is 0. The van der Waals surface area contributed by atoms with Gasteiger partial charge in [-0.3, -0.25) is 10.1 Å². The Balaban J connectivity index is 1.90. The topological polar surface area (TPSA) is 41.1 Å². The molecular formula is C17H24F2N2O. The first-order chi connectivity index (χ1) is 10.2. The largest absolute Gasteiger partial charge is 0.352 e. The molecule has 3 nitrogen and oxygen atoms in total. The van der Waals surface area contributed by atoms with Crippen LogP contribution >= 0.6 is 0 Å². The van der Waals surface area contributed by atoms with Crippen molar-refractivity contribution >= 4 is 5.91 Å². The Morgan fingerprint density at radius 3 is 2.59 bits per heavy atom. The molecular weight excluding hydrogens is 286 g/mol. The molecule has 1 aromatic carbocycles. The van der Waals surface area contributed by atoms with E-state index < -0.39 is 24.9 Å². The molecule has 122 valence electrons. The zero-order chi connectivity index (χ0) is 16.4. The highest BCUT2D eigenvalue weighted by atomic mass is 19.3. The maximum Gasteiger partial charge on any atom is 0.262 e. The minimum Gasteiger partial charge on any atom is -0.352 e. The number of hydrogen-bond donors (Lipinski definition) is 2. The SMILES string of the molecule is CC(CC(C)(C)c1ccccc1)NC(=O)C1CC(F)(F)CN1. The standard InChI is InChI=1S/C17H24F2N2O/c1-12(9-16(2,3)13-7-5-4-6-8-13)21-15(22)14-10-17(18,19)11-20-14/h4-8,12,14,20H,9-11H2,1-3H3,(H,21,22). The summed E-state index contributed by atoms with van der Waals surface area (Å²) in [6.07, 6.45) is 0.319. The highest BCUT2D eigenvalue weighted by Gasteiger charge is 2.42. The molecule has 1 heterocycles. The lowest BCUT2D eigenvalue weighted by Gasteiger charge is -2.29. The van der Waals surface area contributed by atoms with Crippen LogP contribution in [0.1, 0.15) is 39.2 Å². The molecule has 2 N–H and O–H groups in total. The molecule has 1 fully saturated rings. The number of carbonyl (C=O) groups excluding carboxylic acids is 1. The van der Waals surface area contributed by atoms with Crippen LogP contribution in [0.2, 0.25) is 0 Å². The number of nitrogens with one attached hydrogen (secondary N) is 2. The van der Waals surface area contributed by atoms with Gasteiger partial charge in [-0.05, 0) is 24.3 Å². The van der Waals surface area contributed by atoms with Crippen LogP contribution in [-0.4, -0.2) is 30.5 Å². The lowest BCUT2D eigenvalue weighted by atomic mass is 9.79. The minimum atomic E-state index is -2.78. The van der Waals surface area contributed by atoms with E-state index in [1.54, 1.807) is 0 Å². The Labute approximate surface area is 130 Å². The van der Waals surface area contributed by atoms with E-state index in [0.29, 0.717) is 0 Å². The molecule has 0 aromatic heterocycles. The van der Waals surface area contributed by atoms with Gasteiger partial charge in [0.05, 0.1) is 12.6 Å². The summed E-state index contributed by atoms with van der Waals surface area (Å²) in [5.41, 5.74) is 1.10. The highest BCUT2D eigenvalue weighted by molar-refractivity contribution is 5.82. The van der Waals surface area contributed by atoms with Gasteiger partial charge in [0, 0.05) is 12.5 Å². The first-order valence-electron chi connectivity index (χ1n) is 7.67. The summed E-state index contributed by atoms with van der Waals surface area (Å²) in [6.45, 7) is 5.73. The monoisotopic (exact) mass is 310 g/mol. The van der Waals surface area contributed by atoms with E-state index in [0.717, 1.165) is 6.42 Å². The molecule has 2 rings (SSSR count). The lowest BCUT2D eigenvalue weighted by Crippen LogP contribution is -2.45. The second-order valence-corrected chi connectivity index (χ2v) is 6.86. The number of benzene rings is 1. The fourth-order valence-corrected chi connectivity index (χ4v) is 3.07. The van der Waals surface area contributed by atoms with E-state index in [2.05, 4.69) is 36.6 Å². The van der Waals surface area contributed by atoms with Crippen LogP contribution in [0.5, 0.6) is 0 Å². The second-order valence-electron chi connectivity index (χ2n) is 6.86. The predicted octanol–water partition coefficient (Wildman–Crippen LogP) is 2.86. The number of amides is 1. The van der Waals surface area contributed by atoms with Crippen LogP contribution in [0, 0.1) is 0 Å². The summed E-state index contributed by atoms with van der Waals surface area (Å²) in [7, 11) is 0. The predicted molar refractivity (Wildman–Crippen MR) is 83.0 cm³/mol. The zero-order valence-corrected chi connectivity index (χ0v) is 13.3. The van der Waals surface area contributed by atoms with Gasteiger partial charge < -0.3 is 5.32 Å². The molecule has 22 heavy (non-hydrogen) atoms. The van der Waals surface area contributed by atoms with Crippen molar-refractivity contribution < 1.29 is 13.6 Å². The van der Waals surface area contributed by atoms with Gasteiger partial charge in [-0.25, -0.2) is 8.78 Å². The van der Waals surface area contributed by atoms with Crippen molar-refractivity contribution in [1.29, 1.82) is 0 Å². The number of rotatable bonds is 5. The summed E-state index contributed by atoms with van der Waals surface area (Å²) < 4.78 is 26.3. The van der Waals surface area contributed by atoms with Crippen LogP contribution in [0.4, 0.5) is 8.78 Å². The molecule has 1 aliphatic heterocycles. The van der Waals surface area contributed by atoms with Crippen molar-refractivity contribution in [3.8, 4) is 0 Å². The summed E-state index contributed by atoms with van der Waals surface area (Å²) in [6, 6.07) is 9.20. The number of hydrogen-bond acceptors (Lipinski definition) is 2. The number of carbonyl (C=O) groups is 1. The lowest BCUT2D eigenvalue weighted by molar-refractivity contribution is -0.124. The number of alkyl halides is 2. The smallest absolute Gasteiger partial charge is 0.262 e. The van der Waals surface area contributed by atoms with Crippen LogP contribution in [0.15, 0.2) is 30.3 Å². The Hall–Kier alpha value is -1.49. The molecule has 0 bridgehead atoms. The second kappa shape index (κ2) is 6.32. The third-order valence-corrected chi connectivity index (χ3v) is 4.19. The first kappa shape index (κ1) is 16.9. The fraction of sp³-hybridized carbons (Fsp3) is 0.588. The van der Waals surface area contributed by atoms with E-state index >= 15 is 0 Å². The molecule has 1 saturated heterocycles. The third-order valence-electron chi connectivity index (χ3n) is 4.19. The van der Waals surface area contributed by atoms with E-state index in [1.165, 1.54) is 5.56 Å². The van der Waals surface area contributed by atoms with Crippen LogP contribution < -0.4 is 10.6 Å². The Morgan fingerprint density at radius 2 is 2.05 bits per heavy atom. The molecule has 1 aromatic rings. The molecule has 0 aliphatic carbocycles. The van der Waals surface area contributed by atoms with Gasteiger partial charge in [0.2, 0.25) is 5.91 Å². The Morgan fingerprint density at radius 1 is 1.41 bits per heavy atom. The number of halogens is 2. The average molecular weight is 310 g/mol. The molecule has 1 amide bonds. The molecule has 0 spiro atoms. The maximum atomic E-state index is 13.1. The normalized spacial score (nSPS) is 22.3. The van der Waals surface area contributed by atoms with Gasteiger partial charge in [-0.2, -0.15) is 0 Å². The van der Waals surface area contributed by atoms with Gasteiger partial charge in [-0.1, -0.05) is 44.2 Å². The molecule has 0 radical (unpaired) electrons. The summed E-state index contributed by atoms with van der Waals surface area (Å²) in [5, 5.41) is 5.44. The van der Waals surface area contributed by atoms with Gasteiger partial charge in [0.25, 0.3) is 5.92 Å². The fourth-order valence-electron chi connectivity index (χ4n) is 3.07. The summed E-state index contributed by atoms with van der Waals surface area (Å²) in [4.78, 5) is 12.1. The Bertz CT molecular complexity index is 517. The van der Waals surface area contributed by atoms with Crippen LogP contribution in [0.3, 0.4) is 0 Å². The van der Waals surface area contributed by atoms with Crippen molar-refractivity contribution in [3.05, 3.63) is 35.9 Å². The van der Waals surface area contributed by atoms with Crippen molar-refractivity contribution in [1.82, 2.24) is 10.6 Å². The first-order valence-corrected chi connectivity index (χ1v) is 7.67. The van der Waals surface area contributed by atoms with Crippen LogP contribution in [-0.2, 0) is 10.2 Å². The molecule has 5 heteroatoms. The maximum absolute atomic E-state index is 13.1. The molecule has 1 aliphatic rings. The van der Waals surface area contributed by atoms with E-state index in [4.69, 9.17) is 0 Å². The van der Waals surface area contributed by atoms with Crippen LogP contribution in [0.25, 0.3) is 0 Å². The van der Waals surface area contributed by atoms with E-state index in [-0.39, 0.29) is 17.4 Å². The summed E-state index contributed by atoms with van der Waals surface area (Å²) in [5.74, 6) is -3.12. The van der Waals surface area contributed by atoms with Gasteiger partial charge >= 0.3 is 0 Å². The highest BCUT2D eigenvalue weighted by Crippen LogP contribution is 2.29. The van der Waals surface area contributed by atoms with Crippen molar-refractivity contribution in [3.63, 3.8) is 0 Å². The van der Waals surface area contributed by atoms with E-state index in [1.807, 2.05) is 25.1 Å². The van der Waals surface area contributed by atoms with E-state index in [9.17, 15) is 13.6 Å². The van der Waals surface area contributed by atoms with Gasteiger partial charge in [0.1, 0.15) is 0 Å². The minimum absolute atomic E-state index is 0.0845. The zero-order valence-electron chi connectivity index (χ0n) is 13.3. The van der Waals surface area contributed by atoms with Gasteiger partial charge in [0.15, 0.2) is 0 Å². The molecule has 2 unspecified atom stereocenters. The Kier molecular flexibility index (Phi) is 4.85. The molecule has 0 saturated carbocycles. The third kappa shape index (κ3) is 4.26. The average Bonchev–Trinajstić information content (AvgIpc) is 2.79. The quantitative estimate of drug-likeness (QED) is 0.878.